The van der Waals surface area contributed by atoms with E-state index in [1.807, 2.05) is 42.1 Å². The van der Waals surface area contributed by atoms with E-state index in [0.717, 1.165) is 23.2 Å². The lowest BCUT2D eigenvalue weighted by atomic mass is 10.0. The van der Waals surface area contributed by atoms with Crippen molar-refractivity contribution >= 4 is 16.8 Å². The number of benzene rings is 3. The largest absolute Gasteiger partial charge is 0.361 e. The summed E-state index contributed by atoms with van der Waals surface area (Å²) in [4.78, 5) is 22.6. The van der Waals surface area contributed by atoms with E-state index in [0.29, 0.717) is 12.2 Å². The average molecular weight is 449 g/mol. The highest BCUT2D eigenvalue weighted by Crippen LogP contribution is 2.24. The van der Waals surface area contributed by atoms with Crippen LogP contribution in [0, 0.1) is 13.8 Å². The summed E-state index contributed by atoms with van der Waals surface area (Å²) in [5, 5.41) is 1.21. The Hall–Kier alpha value is -4.12. The zero-order valence-electron chi connectivity index (χ0n) is 19.7. The van der Waals surface area contributed by atoms with Crippen molar-refractivity contribution < 1.29 is 4.79 Å². The Labute approximate surface area is 199 Å². The SMILES string of the molecule is Cc1cc(C)cc(-c2ccc(-n3cncc3C(=O)N(C)CCc3c[nH]c4ccccc34)cc2)c1. The Morgan fingerprint density at radius 1 is 0.971 bits per heavy atom. The van der Waals surface area contributed by atoms with Crippen molar-refractivity contribution in [1.82, 2.24) is 19.4 Å². The van der Waals surface area contributed by atoms with Crippen LogP contribution in [0.25, 0.3) is 27.7 Å². The molecule has 5 rings (SSSR count). The molecule has 0 saturated heterocycles. The van der Waals surface area contributed by atoms with Crippen LogP contribution in [0.1, 0.15) is 27.2 Å². The van der Waals surface area contributed by atoms with Crippen LogP contribution in [0.15, 0.2) is 85.5 Å². The second kappa shape index (κ2) is 9.02. The van der Waals surface area contributed by atoms with Crippen LogP contribution < -0.4 is 0 Å². The third-order valence-corrected chi connectivity index (χ3v) is 6.30. The molecule has 0 fully saturated rings. The van der Waals surface area contributed by atoms with Gasteiger partial charge in [-0.15, -0.1) is 0 Å². The number of para-hydroxylation sites is 1. The summed E-state index contributed by atoms with van der Waals surface area (Å²) in [6.07, 6.45) is 6.16. The van der Waals surface area contributed by atoms with Crippen molar-refractivity contribution in [3.05, 3.63) is 108 Å². The predicted molar refractivity (Wildman–Crippen MR) is 137 cm³/mol. The van der Waals surface area contributed by atoms with E-state index in [9.17, 15) is 4.79 Å². The number of fused-ring (bicyclic) bond motifs is 1. The molecule has 0 aliphatic heterocycles. The number of aromatic amines is 1. The first-order valence-electron chi connectivity index (χ1n) is 11.5. The van der Waals surface area contributed by atoms with E-state index in [-0.39, 0.29) is 5.91 Å². The Balaban J connectivity index is 1.32. The molecule has 34 heavy (non-hydrogen) atoms. The summed E-state index contributed by atoms with van der Waals surface area (Å²) in [5.74, 6) is -0.0456. The number of H-pyrrole nitrogens is 1. The number of hydrogen-bond donors (Lipinski definition) is 1. The van der Waals surface area contributed by atoms with Gasteiger partial charge in [0.25, 0.3) is 5.91 Å². The van der Waals surface area contributed by atoms with Crippen LogP contribution in [0.4, 0.5) is 0 Å². The van der Waals surface area contributed by atoms with E-state index in [1.54, 1.807) is 17.4 Å². The summed E-state index contributed by atoms with van der Waals surface area (Å²) >= 11 is 0. The molecule has 0 aliphatic rings. The smallest absolute Gasteiger partial charge is 0.272 e. The van der Waals surface area contributed by atoms with Crippen molar-refractivity contribution in [2.45, 2.75) is 20.3 Å². The predicted octanol–water partition coefficient (Wildman–Crippen LogP) is 5.95. The normalized spacial score (nSPS) is 11.1. The minimum absolute atomic E-state index is 0.0456. The molecule has 0 radical (unpaired) electrons. The quantitative estimate of drug-likeness (QED) is 0.349. The summed E-state index contributed by atoms with van der Waals surface area (Å²) in [6.45, 7) is 4.85. The number of carbonyl (C=O) groups is 1. The molecule has 1 N–H and O–H groups in total. The molecule has 0 aliphatic carbocycles. The number of likely N-dealkylation sites (N-methyl/N-ethyl adjacent to an activating group) is 1. The number of imidazole rings is 1. The maximum Gasteiger partial charge on any atom is 0.272 e. The van der Waals surface area contributed by atoms with Gasteiger partial charge in [-0.3, -0.25) is 9.36 Å². The molecule has 5 heteroatoms. The van der Waals surface area contributed by atoms with E-state index >= 15 is 0 Å². The molecule has 3 aromatic carbocycles. The van der Waals surface area contributed by atoms with Gasteiger partial charge in [0.15, 0.2) is 0 Å². The molecular formula is C29H28N4O. The highest BCUT2D eigenvalue weighted by atomic mass is 16.2. The number of aryl methyl sites for hydroxylation is 2. The van der Waals surface area contributed by atoms with Gasteiger partial charge in [0, 0.05) is 36.4 Å². The Bertz CT molecular complexity index is 1440. The summed E-state index contributed by atoms with van der Waals surface area (Å²) < 4.78 is 1.86. The molecule has 0 spiro atoms. The maximum absolute atomic E-state index is 13.2. The highest BCUT2D eigenvalue weighted by Gasteiger charge is 2.18. The van der Waals surface area contributed by atoms with Gasteiger partial charge in [-0.1, -0.05) is 59.7 Å². The van der Waals surface area contributed by atoms with Gasteiger partial charge in [-0.2, -0.15) is 0 Å². The Morgan fingerprint density at radius 2 is 1.71 bits per heavy atom. The lowest BCUT2D eigenvalue weighted by Crippen LogP contribution is -2.30. The topological polar surface area (TPSA) is 53.9 Å². The number of hydrogen-bond acceptors (Lipinski definition) is 2. The van der Waals surface area contributed by atoms with Gasteiger partial charge in [0.2, 0.25) is 0 Å². The molecule has 5 nitrogen and oxygen atoms in total. The first-order chi connectivity index (χ1) is 16.5. The van der Waals surface area contributed by atoms with Crippen LogP contribution >= 0.6 is 0 Å². The second-order valence-corrected chi connectivity index (χ2v) is 8.91. The summed E-state index contributed by atoms with van der Waals surface area (Å²) in [5.41, 5.74) is 8.65. The highest BCUT2D eigenvalue weighted by molar-refractivity contribution is 5.93. The minimum Gasteiger partial charge on any atom is -0.361 e. The maximum atomic E-state index is 13.2. The van der Waals surface area contributed by atoms with Crippen molar-refractivity contribution in [3.63, 3.8) is 0 Å². The fourth-order valence-electron chi connectivity index (χ4n) is 4.54. The van der Waals surface area contributed by atoms with Crippen molar-refractivity contribution in [2.75, 3.05) is 13.6 Å². The second-order valence-electron chi connectivity index (χ2n) is 8.91. The van der Waals surface area contributed by atoms with Crippen molar-refractivity contribution in [1.29, 1.82) is 0 Å². The van der Waals surface area contributed by atoms with Gasteiger partial charge < -0.3 is 9.88 Å². The van der Waals surface area contributed by atoms with Gasteiger partial charge >= 0.3 is 0 Å². The monoisotopic (exact) mass is 448 g/mol. The van der Waals surface area contributed by atoms with Crippen molar-refractivity contribution in [2.24, 2.45) is 0 Å². The molecule has 2 aromatic heterocycles. The third kappa shape index (κ3) is 4.25. The van der Waals surface area contributed by atoms with E-state index in [4.69, 9.17) is 0 Å². The number of amides is 1. The fraction of sp³-hybridized carbons (Fsp3) is 0.172. The first-order valence-corrected chi connectivity index (χ1v) is 11.5. The molecule has 0 saturated carbocycles. The molecule has 0 atom stereocenters. The van der Waals surface area contributed by atoms with Gasteiger partial charge in [-0.05, 0) is 55.2 Å². The van der Waals surface area contributed by atoms with Crippen LogP contribution in [0.2, 0.25) is 0 Å². The molecular weight excluding hydrogens is 420 g/mol. The summed E-state index contributed by atoms with van der Waals surface area (Å²) in [6, 6.07) is 23.1. The fourth-order valence-corrected chi connectivity index (χ4v) is 4.54. The third-order valence-electron chi connectivity index (χ3n) is 6.30. The van der Waals surface area contributed by atoms with E-state index < -0.39 is 0 Å². The number of aromatic nitrogens is 3. The van der Waals surface area contributed by atoms with Crippen LogP contribution in [-0.2, 0) is 6.42 Å². The molecule has 1 amide bonds. The van der Waals surface area contributed by atoms with Crippen LogP contribution in [0.3, 0.4) is 0 Å². The lowest BCUT2D eigenvalue weighted by Gasteiger charge is -2.18. The molecule has 0 unspecified atom stereocenters. The number of nitrogens with zero attached hydrogens (tertiary/aromatic N) is 3. The lowest BCUT2D eigenvalue weighted by molar-refractivity contribution is 0.0789. The summed E-state index contributed by atoms with van der Waals surface area (Å²) in [7, 11) is 1.84. The molecule has 2 heterocycles. The van der Waals surface area contributed by atoms with Crippen molar-refractivity contribution in [3.8, 4) is 16.8 Å². The van der Waals surface area contributed by atoms with Gasteiger partial charge in [-0.25, -0.2) is 4.98 Å². The van der Waals surface area contributed by atoms with Crippen LogP contribution in [-0.4, -0.2) is 38.9 Å². The Kier molecular flexibility index (Phi) is 5.76. The molecule has 5 aromatic rings. The zero-order valence-corrected chi connectivity index (χ0v) is 19.7. The van der Waals surface area contributed by atoms with E-state index in [2.05, 4.69) is 66.3 Å². The average Bonchev–Trinajstić information content (AvgIpc) is 3.49. The minimum atomic E-state index is -0.0456. The van der Waals surface area contributed by atoms with Crippen LogP contribution in [0.5, 0.6) is 0 Å². The number of carbonyl (C=O) groups excluding carboxylic acids is 1. The van der Waals surface area contributed by atoms with Gasteiger partial charge in [0.1, 0.15) is 5.69 Å². The standard InChI is InChI=1S/C29H28N4O/c1-20-14-21(2)16-24(15-20)22-8-10-25(11-9-22)33-19-30-18-28(33)29(34)32(3)13-12-23-17-31-27-7-5-4-6-26(23)27/h4-11,14-19,31H,12-13H2,1-3H3. The zero-order chi connectivity index (χ0) is 23.7. The van der Waals surface area contributed by atoms with Gasteiger partial charge in [0.05, 0.1) is 12.5 Å². The Morgan fingerprint density at radius 3 is 2.47 bits per heavy atom. The number of nitrogens with one attached hydrogen (secondary N) is 1. The number of rotatable bonds is 6. The molecule has 170 valence electrons. The molecule has 0 bridgehead atoms. The first kappa shape index (κ1) is 21.7. The van der Waals surface area contributed by atoms with E-state index in [1.165, 1.54) is 27.6 Å².